The number of nitrogens with two attached hydrogens (primary N) is 1. The molecule has 2 rings (SSSR count). The zero-order chi connectivity index (χ0) is 14.5. The maximum absolute atomic E-state index is 6.00. The Kier molecular flexibility index (Phi) is 3.32. The Labute approximate surface area is 115 Å². The Morgan fingerprint density at radius 1 is 1.26 bits per heavy atom. The summed E-state index contributed by atoms with van der Waals surface area (Å²) < 4.78 is 13.9. The predicted octanol–water partition coefficient (Wildman–Crippen LogP) is 0.876. The molecule has 0 aromatic carbocycles. The summed E-state index contributed by atoms with van der Waals surface area (Å²) in [7, 11) is -0.368. The van der Waals surface area contributed by atoms with Crippen LogP contribution in [-0.4, -0.2) is 34.6 Å². The molecule has 1 aliphatic heterocycles. The number of hydrogen-bond donors (Lipinski definition) is 1. The van der Waals surface area contributed by atoms with Crippen molar-refractivity contribution in [2.75, 3.05) is 6.54 Å². The molecule has 5 nitrogen and oxygen atoms in total. The van der Waals surface area contributed by atoms with Gasteiger partial charge in [-0.15, -0.1) is 0 Å². The molecule has 0 amide bonds. The molecule has 0 unspecified atom stereocenters. The third-order valence-corrected chi connectivity index (χ3v) is 4.25. The molecule has 0 radical (unpaired) electrons. The van der Waals surface area contributed by atoms with Gasteiger partial charge >= 0.3 is 7.12 Å². The molecular weight excluding hydrogens is 241 g/mol. The van der Waals surface area contributed by atoms with Crippen LogP contribution in [0.15, 0.2) is 12.4 Å². The van der Waals surface area contributed by atoms with Crippen LogP contribution in [0.5, 0.6) is 0 Å². The van der Waals surface area contributed by atoms with Crippen LogP contribution in [-0.2, 0) is 14.8 Å². The number of nitrogens with zero attached hydrogens (tertiary/aromatic N) is 2. The fourth-order valence-corrected chi connectivity index (χ4v) is 1.86. The largest absolute Gasteiger partial charge is 0.498 e. The normalized spacial score (nSPS) is 21.9. The monoisotopic (exact) mass is 265 g/mol. The van der Waals surface area contributed by atoms with E-state index in [4.69, 9.17) is 15.0 Å². The summed E-state index contributed by atoms with van der Waals surface area (Å²) in [6.45, 7) is 12.8. The highest BCUT2D eigenvalue weighted by molar-refractivity contribution is 6.62. The van der Waals surface area contributed by atoms with Crippen LogP contribution in [0.1, 0.15) is 41.5 Å². The second-order valence-corrected chi connectivity index (χ2v) is 6.82. The third-order valence-electron chi connectivity index (χ3n) is 4.25. The van der Waals surface area contributed by atoms with Crippen molar-refractivity contribution in [3.63, 3.8) is 0 Å². The van der Waals surface area contributed by atoms with Crippen molar-refractivity contribution in [3.8, 4) is 0 Å². The van der Waals surface area contributed by atoms with Gasteiger partial charge in [-0.05, 0) is 41.5 Å². The Balaban J connectivity index is 2.22. The summed E-state index contributed by atoms with van der Waals surface area (Å²) in [5.41, 5.74) is 5.83. The van der Waals surface area contributed by atoms with Gasteiger partial charge in [-0.3, -0.25) is 4.68 Å². The van der Waals surface area contributed by atoms with Crippen LogP contribution in [0.25, 0.3) is 0 Å². The molecule has 0 bridgehead atoms. The van der Waals surface area contributed by atoms with Crippen LogP contribution < -0.4 is 11.2 Å². The molecule has 1 aliphatic rings. The number of aromatic nitrogens is 2. The van der Waals surface area contributed by atoms with E-state index in [1.165, 1.54) is 0 Å². The molecule has 0 saturated carbocycles. The van der Waals surface area contributed by atoms with Crippen molar-refractivity contribution in [1.29, 1.82) is 0 Å². The lowest BCUT2D eigenvalue weighted by atomic mass is 9.82. The molecule has 0 atom stereocenters. The van der Waals surface area contributed by atoms with Crippen LogP contribution in [0, 0.1) is 0 Å². The van der Waals surface area contributed by atoms with Crippen LogP contribution in [0.3, 0.4) is 0 Å². The number of rotatable bonds is 3. The number of hydrogen-bond acceptors (Lipinski definition) is 4. The molecular formula is C13H24BN3O2. The molecule has 2 heterocycles. The lowest BCUT2D eigenvalue weighted by Gasteiger charge is -2.32. The van der Waals surface area contributed by atoms with Crippen LogP contribution in [0.2, 0.25) is 0 Å². The minimum atomic E-state index is -0.368. The van der Waals surface area contributed by atoms with Crippen molar-refractivity contribution in [3.05, 3.63) is 12.4 Å². The van der Waals surface area contributed by atoms with Gasteiger partial charge in [0, 0.05) is 24.4 Å². The Morgan fingerprint density at radius 2 is 1.79 bits per heavy atom. The predicted molar refractivity (Wildman–Crippen MR) is 76.3 cm³/mol. The molecule has 1 aromatic heterocycles. The first kappa shape index (κ1) is 14.6. The van der Waals surface area contributed by atoms with Gasteiger partial charge in [-0.25, -0.2) is 0 Å². The Morgan fingerprint density at radius 3 is 2.26 bits per heavy atom. The van der Waals surface area contributed by atoms with E-state index in [2.05, 4.69) is 5.10 Å². The van der Waals surface area contributed by atoms with Crippen LogP contribution in [0.4, 0.5) is 0 Å². The van der Waals surface area contributed by atoms with E-state index < -0.39 is 0 Å². The summed E-state index contributed by atoms with van der Waals surface area (Å²) in [5.74, 6) is 0. The minimum absolute atomic E-state index is 0.206. The molecule has 1 aromatic rings. The van der Waals surface area contributed by atoms with Gasteiger partial charge < -0.3 is 15.0 Å². The van der Waals surface area contributed by atoms with Gasteiger partial charge in [0.05, 0.1) is 16.7 Å². The summed E-state index contributed by atoms with van der Waals surface area (Å²) in [4.78, 5) is 0. The molecule has 106 valence electrons. The smallest absolute Gasteiger partial charge is 0.399 e. The average Bonchev–Trinajstić information content (AvgIpc) is 2.83. The molecule has 0 spiro atoms. The lowest BCUT2D eigenvalue weighted by Crippen LogP contribution is -2.41. The van der Waals surface area contributed by atoms with Crippen molar-refractivity contribution in [1.82, 2.24) is 9.78 Å². The van der Waals surface area contributed by atoms with E-state index in [9.17, 15) is 0 Å². The maximum atomic E-state index is 6.00. The standard InChI is InChI=1S/C13H24BN3O2/c1-11(2,9-15)17-8-10(7-16-17)14-18-12(3,4)13(5,6)19-14/h7-8H,9,15H2,1-6H3. The van der Waals surface area contributed by atoms with Crippen molar-refractivity contribution in [2.45, 2.75) is 58.3 Å². The highest BCUT2D eigenvalue weighted by Crippen LogP contribution is 2.36. The molecule has 1 saturated heterocycles. The first-order chi connectivity index (χ1) is 8.59. The van der Waals surface area contributed by atoms with E-state index in [1.807, 2.05) is 52.4 Å². The van der Waals surface area contributed by atoms with Gasteiger partial charge in [0.2, 0.25) is 0 Å². The molecule has 1 fully saturated rings. The van der Waals surface area contributed by atoms with E-state index in [0.29, 0.717) is 6.54 Å². The zero-order valence-electron chi connectivity index (χ0n) is 12.7. The summed E-state index contributed by atoms with van der Waals surface area (Å²) in [6.07, 6.45) is 3.74. The second kappa shape index (κ2) is 4.33. The first-order valence-corrected chi connectivity index (χ1v) is 6.70. The summed E-state index contributed by atoms with van der Waals surface area (Å²) in [5, 5.41) is 4.38. The third kappa shape index (κ3) is 2.44. The van der Waals surface area contributed by atoms with Crippen molar-refractivity contribution >= 4 is 12.6 Å². The van der Waals surface area contributed by atoms with Gasteiger partial charge in [0.25, 0.3) is 0 Å². The highest BCUT2D eigenvalue weighted by atomic mass is 16.7. The minimum Gasteiger partial charge on any atom is -0.399 e. The fraction of sp³-hybridized carbons (Fsp3) is 0.769. The molecule has 2 N–H and O–H groups in total. The van der Waals surface area contributed by atoms with Gasteiger partial charge in [0.1, 0.15) is 0 Å². The van der Waals surface area contributed by atoms with Crippen LogP contribution >= 0.6 is 0 Å². The molecule has 0 aliphatic carbocycles. The summed E-state index contributed by atoms with van der Waals surface area (Å²) in [6, 6.07) is 0. The van der Waals surface area contributed by atoms with E-state index in [0.717, 1.165) is 5.46 Å². The lowest BCUT2D eigenvalue weighted by molar-refractivity contribution is 0.00578. The highest BCUT2D eigenvalue weighted by Gasteiger charge is 2.52. The van der Waals surface area contributed by atoms with E-state index in [1.54, 1.807) is 6.20 Å². The summed E-state index contributed by atoms with van der Waals surface area (Å²) >= 11 is 0. The van der Waals surface area contributed by atoms with Crippen molar-refractivity contribution < 1.29 is 9.31 Å². The SMILES string of the molecule is CC(C)(CN)n1cc(B2OC(C)(C)C(C)(C)O2)cn1. The van der Waals surface area contributed by atoms with E-state index in [-0.39, 0.29) is 23.9 Å². The van der Waals surface area contributed by atoms with Gasteiger partial charge in [-0.1, -0.05) is 0 Å². The van der Waals surface area contributed by atoms with Crippen molar-refractivity contribution in [2.24, 2.45) is 5.73 Å². The second-order valence-electron chi connectivity index (χ2n) is 6.82. The van der Waals surface area contributed by atoms with Gasteiger partial charge in [0.15, 0.2) is 0 Å². The maximum Gasteiger partial charge on any atom is 0.498 e. The van der Waals surface area contributed by atoms with Gasteiger partial charge in [-0.2, -0.15) is 5.10 Å². The first-order valence-electron chi connectivity index (χ1n) is 6.70. The van der Waals surface area contributed by atoms with E-state index >= 15 is 0 Å². The molecule has 6 heteroatoms. The zero-order valence-corrected chi connectivity index (χ0v) is 12.7. The topological polar surface area (TPSA) is 62.3 Å². The Bertz CT molecular complexity index is 452. The quantitative estimate of drug-likeness (QED) is 0.824. The Hall–Kier alpha value is -0.845. The fourth-order valence-electron chi connectivity index (χ4n) is 1.86. The average molecular weight is 265 g/mol. The molecule has 19 heavy (non-hydrogen) atoms.